The monoisotopic (exact) mass is 584 g/mol. The van der Waals surface area contributed by atoms with Crippen LogP contribution in [-0.2, 0) is 6.18 Å². The quantitative estimate of drug-likeness (QED) is 0.370. The fourth-order valence-corrected chi connectivity index (χ4v) is 5.80. The second kappa shape index (κ2) is 8.73. The van der Waals surface area contributed by atoms with Crippen molar-refractivity contribution in [2.24, 2.45) is 17.8 Å². The maximum Gasteiger partial charge on any atom is 0.416 e. The third-order valence-corrected chi connectivity index (χ3v) is 7.40. The summed E-state index contributed by atoms with van der Waals surface area (Å²) in [6.45, 7) is 10.2. The maximum atomic E-state index is 13.3. The van der Waals surface area contributed by atoms with Crippen LogP contribution >= 0.6 is 21.3 Å². The van der Waals surface area contributed by atoms with Crippen molar-refractivity contribution >= 4 is 38.7 Å². The number of nitrogens with zero attached hydrogens (tertiary/aromatic N) is 3. The molecule has 1 amide bonds. The fourth-order valence-electron chi connectivity index (χ4n) is 3.92. The van der Waals surface area contributed by atoms with Gasteiger partial charge in [-0.1, -0.05) is 32.9 Å². The summed E-state index contributed by atoms with van der Waals surface area (Å²) >= 11 is -0.749. The molecule has 2 aromatic rings. The van der Waals surface area contributed by atoms with E-state index in [1.165, 1.54) is 12.1 Å². The molecule has 0 aromatic heterocycles. The molecule has 4 rings (SSSR count). The maximum absolute atomic E-state index is 13.3. The number of rotatable bonds is 5. The highest BCUT2D eigenvalue weighted by Gasteiger charge is 2.39. The zero-order chi connectivity index (χ0) is 24.9. The lowest BCUT2D eigenvalue weighted by molar-refractivity contribution is -0.137. The highest BCUT2D eigenvalue weighted by molar-refractivity contribution is 14.1. The Morgan fingerprint density at radius 2 is 1.65 bits per heavy atom. The number of amides is 1. The molecular weight excluding hydrogens is 556 g/mol. The van der Waals surface area contributed by atoms with Gasteiger partial charge in [-0.2, -0.15) is 16.4 Å². The molecule has 1 saturated carbocycles. The lowest BCUT2D eigenvalue weighted by Crippen LogP contribution is -2.45. The van der Waals surface area contributed by atoms with Gasteiger partial charge in [0, 0.05) is 16.5 Å². The zero-order valence-electron chi connectivity index (χ0n) is 19.8. The van der Waals surface area contributed by atoms with Gasteiger partial charge in [-0.15, -0.1) is 3.25 Å². The van der Waals surface area contributed by atoms with E-state index < -0.39 is 33.0 Å². The number of nitrogens with one attached hydrogen (secondary N) is 1. The van der Waals surface area contributed by atoms with Gasteiger partial charge in [0.25, 0.3) is 5.91 Å². The summed E-state index contributed by atoms with van der Waals surface area (Å²) in [4.78, 5) is 13.3. The van der Waals surface area contributed by atoms with Crippen LogP contribution < -0.4 is 10.3 Å². The van der Waals surface area contributed by atoms with E-state index in [1.807, 2.05) is 19.9 Å². The van der Waals surface area contributed by atoms with Crippen molar-refractivity contribution in [2.45, 2.75) is 59.2 Å². The van der Waals surface area contributed by atoms with Crippen LogP contribution in [0.5, 0.6) is 0 Å². The Bertz CT molecular complexity index is 1160. The van der Waals surface area contributed by atoms with Gasteiger partial charge in [-0.3, -0.25) is 4.79 Å². The minimum atomic E-state index is -4.41. The molecular formula is C25H28F3IN4O. The van der Waals surface area contributed by atoms with Crippen LogP contribution in [0.15, 0.2) is 48.9 Å². The summed E-state index contributed by atoms with van der Waals surface area (Å²) < 4.78 is 48.4. The number of hydrogen-bond acceptors (Lipinski definition) is 4. The molecule has 9 heteroatoms. The molecule has 0 bridgehead atoms. The average molecular weight is 584 g/mol. The fraction of sp³-hybridized carbons (Fsp3) is 0.440. The number of alkyl halides is 3. The SMILES string of the molecule is CC(C)(C)C1=NI=NN1c1cc(C(=O)NC(C)(C)C2CC2)cc(-c2ccc(C(F)(F)F)cc2)c1. The molecule has 5 nitrogen and oxygen atoms in total. The van der Waals surface area contributed by atoms with Gasteiger partial charge in [0.15, 0.2) is 21.3 Å². The summed E-state index contributed by atoms with van der Waals surface area (Å²) in [5, 5.41) is 4.92. The number of carbonyl (C=O) groups excluding carboxylic acids is 1. The van der Waals surface area contributed by atoms with Crippen LogP contribution in [0.1, 0.15) is 63.4 Å². The standard InChI is InChI=1S/C25H28F3IN4O/c1-23(2,3)22-31-29-32-33(22)20-13-16(15-6-8-19(9-7-15)25(26,27)28)12-17(14-20)21(34)30-24(4,5)18-10-11-18/h6-9,12-14,18H,10-11H2,1-5H3,(H,30,34). The van der Waals surface area contributed by atoms with E-state index >= 15 is 0 Å². The van der Waals surface area contributed by atoms with Gasteiger partial charge < -0.3 is 5.32 Å². The first kappa shape index (κ1) is 24.8. The van der Waals surface area contributed by atoms with Crippen molar-refractivity contribution in [1.82, 2.24) is 5.32 Å². The minimum absolute atomic E-state index is 0.213. The van der Waals surface area contributed by atoms with Crippen LogP contribution in [0.4, 0.5) is 18.9 Å². The molecule has 0 saturated heterocycles. The van der Waals surface area contributed by atoms with E-state index in [4.69, 9.17) is 0 Å². The number of amidine groups is 1. The third kappa shape index (κ3) is 5.34. The van der Waals surface area contributed by atoms with Gasteiger partial charge in [-0.05, 0) is 74.1 Å². The molecule has 2 aliphatic rings. The van der Waals surface area contributed by atoms with E-state index in [0.717, 1.165) is 30.8 Å². The Labute approximate surface area is 208 Å². The van der Waals surface area contributed by atoms with Crippen LogP contribution in [0.2, 0.25) is 0 Å². The van der Waals surface area contributed by atoms with Crippen molar-refractivity contribution in [3.63, 3.8) is 0 Å². The van der Waals surface area contributed by atoms with Crippen molar-refractivity contribution < 1.29 is 18.0 Å². The highest BCUT2D eigenvalue weighted by Crippen LogP contribution is 2.40. The van der Waals surface area contributed by atoms with E-state index in [0.29, 0.717) is 28.3 Å². The molecule has 1 N–H and O–H groups in total. The zero-order valence-corrected chi connectivity index (χ0v) is 22.0. The second-order valence-corrected chi connectivity index (χ2v) is 11.8. The van der Waals surface area contributed by atoms with E-state index in [1.54, 1.807) is 17.1 Å². The summed E-state index contributed by atoms with van der Waals surface area (Å²) in [7, 11) is 0. The molecule has 34 heavy (non-hydrogen) atoms. The molecule has 1 heterocycles. The topological polar surface area (TPSA) is 57.1 Å². The van der Waals surface area contributed by atoms with Crippen molar-refractivity contribution in [3.05, 3.63) is 53.6 Å². The van der Waals surface area contributed by atoms with Crippen LogP contribution in [0.25, 0.3) is 11.1 Å². The molecule has 1 aliphatic carbocycles. The molecule has 2 aromatic carbocycles. The Balaban J connectivity index is 1.76. The predicted octanol–water partition coefficient (Wildman–Crippen LogP) is 7.54. The molecule has 0 atom stereocenters. The predicted molar refractivity (Wildman–Crippen MR) is 137 cm³/mol. The second-order valence-electron chi connectivity index (χ2n) is 10.4. The molecule has 0 radical (unpaired) electrons. The van der Waals surface area contributed by atoms with E-state index in [-0.39, 0.29) is 16.9 Å². The smallest absolute Gasteiger partial charge is 0.347 e. The Morgan fingerprint density at radius 3 is 2.21 bits per heavy atom. The lowest BCUT2D eigenvalue weighted by Gasteiger charge is -2.28. The summed E-state index contributed by atoms with van der Waals surface area (Å²) in [5.41, 5.74) is 1.07. The van der Waals surface area contributed by atoms with Gasteiger partial charge in [0.1, 0.15) is 5.84 Å². The third-order valence-electron chi connectivity index (χ3n) is 6.10. The van der Waals surface area contributed by atoms with Crippen molar-refractivity contribution in [1.29, 1.82) is 0 Å². The number of anilines is 1. The number of carbonyl (C=O) groups is 1. The summed E-state index contributed by atoms with van der Waals surface area (Å²) in [5.74, 6) is 1.05. The highest BCUT2D eigenvalue weighted by atomic mass is 127. The van der Waals surface area contributed by atoms with Gasteiger partial charge in [0.05, 0.1) is 11.3 Å². The van der Waals surface area contributed by atoms with Crippen LogP contribution in [0, 0.1) is 11.3 Å². The summed E-state index contributed by atoms with van der Waals surface area (Å²) in [6.07, 6.45) is -2.23. The largest absolute Gasteiger partial charge is 0.416 e. The first-order valence-electron chi connectivity index (χ1n) is 11.1. The Hall–Kier alpha value is -2.30. The number of halogens is 4. The number of benzene rings is 2. The number of hydrogen-bond donors (Lipinski definition) is 1. The lowest BCUT2D eigenvalue weighted by atomic mass is 9.93. The minimum Gasteiger partial charge on any atom is -0.347 e. The van der Waals surface area contributed by atoms with Crippen LogP contribution in [-0.4, -0.2) is 17.3 Å². The first-order valence-corrected chi connectivity index (χ1v) is 13.1. The molecule has 0 spiro atoms. The normalized spacial score (nSPS) is 16.8. The summed E-state index contributed by atoms with van der Waals surface area (Å²) in [6, 6.07) is 10.4. The van der Waals surface area contributed by atoms with Gasteiger partial charge in [0.2, 0.25) is 0 Å². The average Bonchev–Trinajstić information content (AvgIpc) is 3.49. The molecule has 182 valence electrons. The van der Waals surface area contributed by atoms with E-state index in [9.17, 15) is 18.0 Å². The Kier molecular flexibility index (Phi) is 6.37. The van der Waals surface area contributed by atoms with Crippen molar-refractivity contribution in [3.8, 4) is 11.1 Å². The van der Waals surface area contributed by atoms with Gasteiger partial charge in [-0.25, -0.2) is 5.01 Å². The molecule has 1 aliphatic heterocycles. The Morgan fingerprint density at radius 1 is 1.00 bits per heavy atom. The van der Waals surface area contributed by atoms with Gasteiger partial charge >= 0.3 is 6.18 Å². The molecule has 1 fully saturated rings. The van der Waals surface area contributed by atoms with E-state index in [2.05, 4.69) is 32.5 Å². The first-order chi connectivity index (χ1) is 15.8. The van der Waals surface area contributed by atoms with Crippen molar-refractivity contribution in [2.75, 3.05) is 5.01 Å². The molecule has 0 unspecified atom stereocenters. The van der Waals surface area contributed by atoms with Crippen LogP contribution in [0.3, 0.4) is 0 Å².